The van der Waals surface area contributed by atoms with Gasteiger partial charge in [0.05, 0.1) is 15.5 Å². The molecule has 0 aromatic heterocycles. The Kier molecular flexibility index (Phi) is 7.75. The molecule has 2 aromatic rings. The fraction of sp³-hybridized carbons (Fsp3) is 0.409. The number of sulfonamides is 1. The van der Waals surface area contributed by atoms with Crippen molar-refractivity contribution < 1.29 is 13.2 Å². The lowest BCUT2D eigenvalue weighted by Crippen LogP contribution is -2.33. The predicted molar refractivity (Wildman–Crippen MR) is 121 cm³/mol. The zero-order valence-corrected chi connectivity index (χ0v) is 18.7. The maximum absolute atomic E-state index is 12.7. The van der Waals surface area contributed by atoms with E-state index in [9.17, 15) is 13.2 Å². The van der Waals surface area contributed by atoms with Gasteiger partial charge in [0.1, 0.15) is 0 Å². The second-order valence-corrected chi connectivity index (χ2v) is 9.72. The molecule has 162 valence electrons. The molecule has 6 nitrogen and oxygen atoms in total. The fourth-order valence-corrected chi connectivity index (χ4v) is 4.83. The van der Waals surface area contributed by atoms with Gasteiger partial charge in [0.15, 0.2) is 0 Å². The van der Waals surface area contributed by atoms with Crippen molar-refractivity contribution >= 4 is 33.2 Å². The number of nitrogens with zero attached hydrogens (tertiary/aromatic N) is 1. The Balaban J connectivity index is 1.62. The van der Waals surface area contributed by atoms with Crippen LogP contribution in [0, 0.1) is 6.92 Å². The number of aryl methyl sites for hydroxylation is 1. The van der Waals surface area contributed by atoms with Crippen molar-refractivity contribution in [2.24, 2.45) is 0 Å². The fourth-order valence-electron chi connectivity index (χ4n) is 3.55. The van der Waals surface area contributed by atoms with Crippen LogP contribution in [-0.4, -0.2) is 45.4 Å². The van der Waals surface area contributed by atoms with Crippen molar-refractivity contribution in [1.82, 2.24) is 10.2 Å². The molecule has 0 aliphatic carbocycles. The molecule has 3 rings (SSSR count). The number of halogens is 1. The molecule has 1 fully saturated rings. The molecule has 1 saturated heterocycles. The Morgan fingerprint density at radius 3 is 2.60 bits per heavy atom. The van der Waals surface area contributed by atoms with Crippen LogP contribution in [0.4, 0.5) is 5.69 Å². The first-order valence-corrected chi connectivity index (χ1v) is 12.1. The van der Waals surface area contributed by atoms with Crippen LogP contribution >= 0.6 is 11.6 Å². The van der Waals surface area contributed by atoms with E-state index in [2.05, 4.69) is 14.9 Å². The number of carbonyl (C=O) groups excluding carboxylic acids is 1. The molecule has 0 unspecified atom stereocenters. The van der Waals surface area contributed by atoms with Crippen molar-refractivity contribution in [2.45, 2.75) is 37.5 Å². The van der Waals surface area contributed by atoms with Gasteiger partial charge < -0.3 is 10.2 Å². The van der Waals surface area contributed by atoms with Crippen LogP contribution < -0.4 is 10.0 Å². The predicted octanol–water partition coefficient (Wildman–Crippen LogP) is 4.06. The summed E-state index contributed by atoms with van der Waals surface area (Å²) >= 11 is 6.17. The van der Waals surface area contributed by atoms with Gasteiger partial charge in [0.2, 0.25) is 0 Å². The Morgan fingerprint density at radius 2 is 1.87 bits per heavy atom. The van der Waals surface area contributed by atoms with Gasteiger partial charge in [0, 0.05) is 12.2 Å². The smallest absolute Gasteiger partial charge is 0.261 e. The van der Waals surface area contributed by atoms with Crippen LogP contribution in [0.2, 0.25) is 5.02 Å². The van der Waals surface area contributed by atoms with Crippen molar-refractivity contribution in [3.63, 3.8) is 0 Å². The van der Waals surface area contributed by atoms with Gasteiger partial charge in [-0.3, -0.25) is 9.52 Å². The summed E-state index contributed by atoms with van der Waals surface area (Å²) in [5, 5.41) is 3.07. The van der Waals surface area contributed by atoms with Gasteiger partial charge in [-0.25, -0.2) is 8.42 Å². The highest BCUT2D eigenvalue weighted by molar-refractivity contribution is 7.92. The highest BCUT2D eigenvalue weighted by Gasteiger charge is 2.19. The first-order valence-electron chi connectivity index (χ1n) is 10.2. The summed E-state index contributed by atoms with van der Waals surface area (Å²) in [6, 6.07) is 11.2. The maximum Gasteiger partial charge on any atom is 0.261 e. The molecule has 30 heavy (non-hydrogen) atoms. The normalized spacial score (nSPS) is 15.0. The molecule has 8 heteroatoms. The number of anilines is 1. The number of benzene rings is 2. The molecule has 2 aromatic carbocycles. The first-order chi connectivity index (χ1) is 14.3. The van der Waals surface area contributed by atoms with Crippen LogP contribution in [0.25, 0.3) is 0 Å². The monoisotopic (exact) mass is 449 g/mol. The Bertz CT molecular complexity index is 989. The summed E-state index contributed by atoms with van der Waals surface area (Å²) < 4.78 is 28.0. The van der Waals surface area contributed by atoms with Gasteiger partial charge in [0.25, 0.3) is 15.9 Å². The summed E-state index contributed by atoms with van der Waals surface area (Å²) in [5.41, 5.74) is 1.56. The molecule has 0 spiro atoms. The molecule has 1 aliphatic heterocycles. The van der Waals surface area contributed by atoms with E-state index in [4.69, 9.17) is 11.6 Å². The van der Waals surface area contributed by atoms with E-state index in [0.717, 1.165) is 31.6 Å². The molecule has 0 saturated carbocycles. The minimum Gasteiger partial charge on any atom is -0.352 e. The average Bonchev–Trinajstić information content (AvgIpc) is 2.71. The number of rotatable bonds is 8. The van der Waals surface area contributed by atoms with Crippen LogP contribution in [0.15, 0.2) is 47.4 Å². The maximum atomic E-state index is 12.7. The van der Waals surface area contributed by atoms with Crippen molar-refractivity contribution in [1.29, 1.82) is 0 Å². The summed E-state index contributed by atoms with van der Waals surface area (Å²) in [6.07, 6.45) is 4.61. The third-order valence-electron chi connectivity index (χ3n) is 5.15. The molecule has 0 radical (unpaired) electrons. The van der Waals surface area contributed by atoms with E-state index in [1.165, 1.54) is 37.5 Å². The lowest BCUT2D eigenvalue weighted by molar-refractivity contribution is 0.0951. The van der Waals surface area contributed by atoms with Gasteiger partial charge in [-0.2, -0.15) is 0 Å². The number of hydrogen-bond donors (Lipinski definition) is 2. The third kappa shape index (κ3) is 6.20. The number of piperidine rings is 1. The van der Waals surface area contributed by atoms with Gasteiger partial charge in [-0.1, -0.05) is 30.2 Å². The topological polar surface area (TPSA) is 78.5 Å². The van der Waals surface area contributed by atoms with Gasteiger partial charge >= 0.3 is 0 Å². The average molecular weight is 450 g/mol. The Morgan fingerprint density at radius 1 is 1.10 bits per heavy atom. The Hall–Kier alpha value is -2.09. The lowest BCUT2D eigenvalue weighted by Gasteiger charge is -2.26. The van der Waals surface area contributed by atoms with E-state index in [1.54, 1.807) is 18.2 Å². The van der Waals surface area contributed by atoms with E-state index in [1.807, 2.05) is 13.0 Å². The van der Waals surface area contributed by atoms with E-state index >= 15 is 0 Å². The Labute approximate surface area is 183 Å². The zero-order chi connectivity index (χ0) is 21.6. The number of likely N-dealkylation sites (tertiary alicyclic amines) is 1. The first kappa shape index (κ1) is 22.6. The van der Waals surface area contributed by atoms with Crippen LogP contribution in [0.1, 0.15) is 41.6 Å². The number of amides is 1. The SMILES string of the molecule is Cc1cccc(NS(=O)(=O)c2ccc(Cl)c(C(=O)NCCCN3CCCCC3)c2)c1. The van der Waals surface area contributed by atoms with Crippen LogP contribution in [0.3, 0.4) is 0 Å². The molecule has 2 N–H and O–H groups in total. The largest absolute Gasteiger partial charge is 0.352 e. The molecule has 0 bridgehead atoms. The van der Waals surface area contributed by atoms with E-state index < -0.39 is 10.0 Å². The summed E-state index contributed by atoms with van der Waals surface area (Å²) in [5.74, 6) is -0.369. The van der Waals surface area contributed by atoms with Crippen molar-refractivity contribution in [3.05, 3.63) is 58.6 Å². The highest BCUT2D eigenvalue weighted by Crippen LogP contribution is 2.23. The van der Waals surface area contributed by atoms with Crippen molar-refractivity contribution in [2.75, 3.05) is 30.9 Å². The minimum atomic E-state index is -3.84. The summed E-state index contributed by atoms with van der Waals surface area (Å²) in [7, 11) is -3.84. The standard InChI is InChI=1S/C22H28ClN3O3S/c1-17-7-5-8-18(15-17)25-30(28,29)19-9-10-21(23)20(16-19)22(27)24-11-6-14-26-12-3-2-4-13-26/h5,7-10,15-16,25H,2-4,6,11-14H2,1H3,(H,24,27). The third-order valence-corrected chi connectivity index (χ3v) is 6.86. The highest BCUT2D eigenvalue weighted by atomic mass is 35.5. The van der Waals surface area contributed by atoms with Gasteiger partial charge in [-0.15, -0.1) is 0 Å². The second-order valence-electron chi connectivity index (χ2n) is 7.63. The molecule has 1 aliphatic rings. The molecule has 1 heterocycles. The zero-order valence-electron chi connectivity index (χ0n) is 17.2. The molecule has 0 atom stereocenters. The number of carbonyl (C=O) groups is 1. The van der Waals surface area contributed by atoms with Crippen LogP contribution in [0.5, 0.6) is 0 Å². The summed E-state index contributed by atoms with van der Waals surface area (Å²) in [6.45, 7) is 5.59. The lowest BCUT2D eigenvalue weighted by atomic mass is 10.1. The second kappa shape index (κ2) is 10.3. The van der Waals surface area contributed by atoms with Crippen molar-refractivity contribution in [3.8, 4) is 0 Å². The quantitative estimate of drug-likeness (QED) is 0.596. The molecular weight excluding hydrogens is 422 g/mol. The number of nitrogens with one attached hydrogen (secondary N) is 2. The van der Waals surface area contributed by atoms with Crippen LogP contribution in [-0.2, 0) is 10.0 Å². The molecular formula is C22H28ClN3O3S. The number of hydrogen-bond acceptors (Lipinski definition) is 4. The minimum absolute atomic E-state index is 0.00753. The van der Waals surface area contributed by atoms with Gasteiger partial charge in [-0.05, 0) is 81.7 Å². The molecule has 1 amide bonds. The summed E-state index contributed by atoms with van der Waals surface area (Å²) in [4.78, 5) is 15.0. The van der Waals surface area contributed by atoms with E-state index in [-0.39, 0.29) is 21.4 Å². The van der Waals surface area contributed by atoms with E-state index in [0.29, 0.717) is 12.2 Å².